The molecular weight excluding hydrogens is 188 g/mol. The van der Waals surface area contributed by atoms with E-state index >= 15 is 0 Å². The standard InChI is InChI=1S/C11H10N4/c12-15-14-7-5-9-3-4-11-10(8-9)2-1-6-13-11/h1-4,6,8H,5,7H2. The predicted octanol–water partition coefficient (Wildman–Crippen LogP) is 3.09. The van der Waals surface area contributed by atoms with Crippen LogP contribution < -0.4 is 0 Å². The first-order chi connectivity index (χ1) is 7.40. The third-order valence-corrected chi connectivity index (χ3v) is 2.23. The summed E-state index contributed by atoms with van der Waals surface area (Å²) in [6, 6.07) is 10.0. The molecule has 1 aromatic carbocycles. The van der Waals surface area contributed by atoms with Crippen LogP contribution in [0.25, 0.3) is 21.3 Å². The molecule has 74 valence electrons. The molecule has 4 nitrogen and oxygen atoms in total. The van der Waals surface area contributed by atoms with Gasteiger partial charge in [-0.15, -0.1) is 0 Å². The third-order valence-electron chi connectivity index (χ3n) is 2.23. The summed E-state index contributed by atoms with van der Waals surface area (Å²) in [6.07, 6.45) is 2.55. The summed E-state index contributed by atoms with van der Waals surface area (Å²) in [7, 11) is 0. The van der Waals surface area contributed by atoms with Gasteiger partial charge in [-0.05, 0) is 35.7 Å². The van der Waals surface area contributed by atoms with Crippen molar-refractivity contribution >= 4 is 10.9 Å². The van der Waals surface area contributed by atoms with Gasteiger partial charge < -0.3 is 0 Å². The average molecular weight is 198 g/mol. The summed E-state index contributed by atoms with van der Waals surface area (Å²) < 4.78 is 0. The maximum Gasteiger partial charge on any atom is 0.0702 e. The van der Waals surface area contributed by atoms with Gasteiger partial charge in [-0.2, -0.15) is 0 Å². The van der Waals surface area contributed by atoms with Crippen LogP contribution >= 0.6 is 0 Å². The van der Waals surface area contributed by atoms with Crippen LogP contribution in [0.3, 0.4) is 0 Å². The number of pyridine rings is 1. The quantitative estimate of drug-likeness (QED) is 0.424. The van der Waals surface area contributed by atoms with Crippen LogP contribution in [0.5, 0.6) is 0 Å². The van der Waals surface area contributed by atoms with E-state index < -0.39 is 0 Å². The lowest BCUT2D eigenvalue weighted by atomic mass is 10.1. The van der Waals surface area contributed by atoms with Crippen molar-refractivity contribution < 1.29 is 0 Å². The smallest absolute Gasteiger partial charge is 0.0702 e. The fraction of sp³-hybridized carbons (Fsp3) is 0.182. The maximum atomic E-state index is 8.16. The van der Waals surface area contributed by atoms with E-state index in [1.807, 2.05) is 24.3 Å². The Morgan fingerprint density at radius 1 is 1.33 bits per heavy atom. The minimum atomic E-state index is 0.502. The highest BCUT2D eigenvalue weighted by Crippen LogP contribution is 2.13. The highest BCUT2D eigenvalue weighted by molar-refractivity contribution is 5.78. The van der Waals surface area contributed by atoms with Crippen molar-refractivity contribution in [2.45, 2.75) is 6.42 Å². The molecule has 0 saturated carbocycles. The fourth-order valence-corrected chi connectivity index (χ4v) is 1.50. The molecule has 0 aliphatic carbocycles. The Morgan fingerprint density at radius 2 is 2.27 bits per heavy atom. The van der Waals surface area contributed by atoms with Crippen LogP contribution in [0, 0.1) is 0 Å². The first kappa shape index (κ1) is 9.49. The fourth-order valence-electron chi connectivity index (χ4n) is 1.50. The normalized spacial score (nSPS) is 9.87. The summed E-state index contributed by atoms with van der Waals surface area (Å²) in [5, 5.41) is 4.63. The number of benzene rings is 1. The number of azide groups is 1. The SMILES string of the molecule is [N-]=[N+]=NCCc1ccc2ncccc2c1. The Morgan fingerprint density at radius 3 is 3.13 bits per heavy atom. The molecule has 0 unspecified atom stereocenters. The zero-order valence-electron chi connectivity index (χ0n) is 8.17. The molecule has 15 heavy (non-hydrogen) atoms. The summed E-state index contributed by atoms with van der Waals surface area (Å²) in [6.45, 7) is 0.502. The van der Waals surface area contributed by atoms with Gasteiger partial charge in [0, 0.05) is 23.0 Å². The highest BCUT2D eigenvalue weighted by atomic mass is 15.1. The van der Waals surface area contributed by atoms with E-state index in [1.165, 1.54) is 5.56 Å². The molecule has 0 atom stereocenters. The third kappa shape index (κ3) is 2.24. The van der Waals surface area contributed by atoms with Crippen LogP contribution in [0.4, 0.5) is 0 Å². The summed E-state index contributed by atoms with van der Waals surface area (Å²) >= 11 is 0. The van der Waals surface area contributed by atoms with E-state index in [1.54, 1.807) is 6.20 Å². The molecule has 4 heteroatoms. The highest BCUT2D eigenvalue weighted by Gasteiger charge is 1.95. The van der Waals surface area contributed by atoms with Crippen molar-refractivity contribution in [2.24, 2.45) is 5.11 Å². The molecule has 0 saturated heterocycles. The topological polar surface area (TPSA) is 61.7 Å². The number of fused-ring (bicyclic) bond motifs is 1. The van der Waals surface area contributed by atoms with Crippen LogP contribution in [-0.2, 0) is 6.42 Å². The molecule has 0 aliphatic heterocycles. The molecule has 0 amide bonds. The summed E-state index contributed by atoms with van der Waals surface area (Å²) in [5.41, 5.74) is 10.3. The molecule has 0 radical (unpaired) electrons. The molecule has 0 aliphatic rings. The van der Waals surface area contributed by atoms with Crippen molar-refractivity contribution in [3.63, 3.8) is 0 Å². The first-order valence-electron chi connectivity index (χ1n) is 4.74. The second-order valence-corrected chi connectivity index (χ2v) is 3.23. The molecular formula is C11H10N4. The van der Waals surface area contributed by atoms with Crippen LogP contribution in [0.15, 0.2) is 41.6 Å². The average Bonchev–Trinajstić information content (AvgIpc) is 2.29. The van der Waals surface area contributed by atoms with Crippen molar-refractivity contribution in [1.82, 2.24) is 4.98 Å². The minimum Gasteiger partial charge on any atom is -0.256 e. The van der Waals surface area contributed by atoms with Gasteiger partial charge in [-0.25, -0.2) is 0 Å². The second kappa shape index (κ2) is 4.44. The number of nitrogens with zero attached hydrogens (tertiary/aromatic N) is 4. The zero-order valence-corrected chi connectivity index (χ0v) is 8.17. The van der Waals surface area contributed by atoms with Crippen LogP contribution in [0.2, 0.25) is 0 Å². The lowest BCUT2D eigenvalue weighted by Gasteiger charge is -2.00. The van der Waals surface area contributed by atoms with E-state index in [4.69, 9.17) is 5.53 Å². The lowest BCUT2D eigenvalue weighted by molar-refractivity contribution is 0.958. The van der Waals surface area contributed by atoms with Crippen molar-refractivity contribution in [3.05, 3.63) is 52.5 Å². The zero-order chi connectivity index (χ0) is 10.5. The molecule has 1 aromatic heterocycles. The van der Waals surface area contributed by atoms with E-state index in [-0.39, 0.29) is 0 Å². The molecule has 2 aromatic rings. The summed E-state index contributed by atoms with van der Waals surface area (Å²) in [4.78, 5) is 6.96. The Balaban J connectivity index is 2.26. The monoisotopic (exact) mass is 198 g/mol. The van der Waals surface area contributed by atoms with Crippen molar-refractivity contribution in [2.75, 3.05) is 6.54 Å². The van der Waals surface area contributed by atoms with Gasteiger partial charge in [-0.1, -0.05) is 17.2 Å². The van der Waals surface area contributed by atoms with Gasteiger partial charge in [0.05, 0.1) is 5.52 Å². The predicted molar refractivity (Wildman–Crippen MR) is 59.5 cm³/mol. The van der Waals surface area contributed by atoms with Crippen LogP contribution in [0.1, 0.15) is 5.56 Å². The molecule has 0 spiro atoms. The number of hydrogen-bond donors (Lipinski definition) is 0. The number of rotatable bonds is 3. The Kier molecular flexibility index (Phi) is 2.81. The van der Waals surface area contributed by atoms with Gasteiger partial charge in [0.15, 0.2) is 0 Å². The molecule has 2 rings (SSSR count). The van der Waals surface area contributed by atoms with Gasteiger partial charge >= 0.3 is 0 Å². The Labute approximate surface area is 87.2 Å². The van der Waals surface area contributed by atoms with Gasteiger partial charge in [0.25, 0.3) is 0 Å². The Hall–Kier alpha value is -2.06. The van der Waals surface area contributed by atoms with E-state index in [0.717, 1.165) is 17.3 Å². The molecule has 0 N–H and O–H groups in total. The minimum absolute atomic E-state index is 0.502. The maximum absolute atomic E-state index is 8.16. The second-order valence-electron chi connectivity index (χ2n) is 3.23. The van der Waals surface area contributed by atoms with Gasteiger partial charge in [0.1, 0.15) is 0 Å². The lowest BCUT2D eigenvalue weighted by Crippen LogP contribution is -1.88. The van der Waals surface area contributed by atoms with E-state index in [0.29, 0.717) is 6.54 Å². The van der Waals surface area contributed by atoms with Gasteiger partial charge in [-0.3, -0.25) is 4.98 Å². The first-order valence-corrected chi connectivity index (χ1v) is 4.74. The number of aromatic nitrogens is 1. The van der Waals surface area contributed by atoms with Crippen molar-refractivity contribution in [1.29, 1.82) is 0 Å². The van der Waals surface area contributed by atoms with Gasteiger partial charge in [0.2, 0.25) is 0 Å². The molecule has 0 fully saturated rings. The Bertz CT molecular complexity index is 515. The van der Waals surface area contributed by atoms with E-state index in [9.17, 15) is 0 Å². The van der Waals surface area contributed by atoms with E-state index in [2.05, 4.69) is 21.1 Å². The summed E-state index contributed by atoms with van der Waals surface area (Å²) in [5.74, 6) is 0. The number of hydrogen-bond acceptors (Lipinski definition) is 2. The molecule has 0 bridgehead atoms. The largest absolute Gasteiger partial charge is 0.256 e. The molecule has 1 heterocycles. The van der Waals surface area contributed by atoms with Crippen LogP contribution in [-0.4, -0.2) is 11.5 Å². The van der Waals surface area contributed by atoms with Crippen molar-refractivity contribution in [3.8, 4) is 0 Å².